The van der Waals surface area contributed by atoms with Crippen LogP contribution in [0.5, 0.6) is 0 Å². The molecule has 0 atom stereocenters. The van der Waals surface area contributed by atoms with Crippen LogP contribution in [0.4, 0.5) is 10.1 Å². The lowest BCUT2D eigenvalue weighted by Crippen LogP contribution is -2.52. The molecule has 148 valence electrons. The highest BCUT2D eigenvalue weighted by atomic mass is 19.1. The molecule has 7 nitrogen and oxygen atoms in total. The number of carbonyl (C=O) groups is 3. The minimum Gasteiger partial charge on any atom is -0.399 e. The maximum Gasteiger partial charge on any atom is 0.295 e. The fourth-order valence-electron chi connectivity index (χ4n) is 3.50. The smallest absolute Gasteiger partial charge is 0.295 e. The number of nitrogen functional groups attached to an aromatic ring is 1. The molecule has 29 heavy (non-hydrogen) atoms. The summed E-state index contributed by atoms with van der Waals surface area (Å²) >= 11 is 0. The number of anilines is 1. The molecule has 0 spiro atoms. The average Bonchev–Trinajstić information content (AvgIpc) is 3.18. The van der Waals surface area contributed by atoms with Crippen molar-refractivity contribution in [3.8, 4) is 0 Å². The maximum absolute atomic E-state index is 14.1. The lowest BCUT2D eigenvalue weighted by Gasteiger charge is -2.34. The first-order valence-electron chi connectivity index (χ1n) is 9.19. The molecule has 0 aliphatic carbocycles. The summed E-state index contributed by atoms with van der Waals surface area (Å²) in [6.07, 6.45) is 1.36. The van der Waals surface area contributed by atoms with Crippen LogP contribution < -0.4 is 5.73 Å². The number of H-pyrrole nitrogens is 1. The molecular formula is C21H19FN4O3. The van der Waals surface area contributed by atoms with Crippen molar-refractivity contribution >= 4 is 34.2 Å². The molecule has 1 fully saturated rings. The van der Waals surface area contributed by atoms with Crippen molar-refractivity contribution in [1.29, 1.82) is 0 Å². The molecule has 2 heterocycles. The fourth-order valence-corrected chi connectivity index (χ4v) is 3.50. The topological polar surface area (TPSA) is 99.5 Å². The van der Waals surface area contributed by atoms with Crippen molar-refractivity contribution in [3.63, 3.8) is 0 Å². The SMILES string of the molecule is Nc1ccc(C(=O)N2CCN(C(=O)C(=O)c3c[nH]c4cccc(F)c34)CC2)cc1. The highest BCUT2D eigenvalue weighted by molar-refractivity contribution is 6.44. The van der Waals surface area contributed by atoms with E-state index in [9.17, 15) is 18.8 Å². The van der Waals surface area contributed by atoms with Crippen LogP contribution in [0.2, 0.25) is 0 Å². The van der Waals surface area contributed by atoms with E-state index in [2.05, 4.69) is 4.98 Å². The van der Waals surface area contributed by atoms with E-state index in [4.69, 9.17) is 5.73 Å². The van der Waals surface area contributed by atoms with Crippen molar-refractivity contribution in [3.05, 3.63) is 65.6 Å². The number of nitrogens with two attached hydrogens (primary N) is 1. The molecule has 3 aromatic rings. The fraction of sp³-hybridized carbons (Fsp3) is 0.190. The predicted molar refractivity (Wildman–Crippen MR) is 106 cm³/mol. The summed E-state index contributed by atoms with van der Waals surface area (Å²) in [6, 6.07) is 11.0. The Balaban J connectivity index is 1.44. The Morgan fingerprint density at radius 2 is 1.59 bits per heavy atom. The first-order chi connectivity index (χ1) is 14.0. The molecular weight excluding hydrogens is 375 g/mol. The van der Waals surface area contributed by atoms with E-state index in [-0.39, 0.29) is 29.9 Å². The minimum atomic E-state index is -0.764. The summed E-state index contributed by atoms with van der Waals surface area (Å²) < 4.78 is 14.1. The van der Waals surface area contributed by atoms with Crippen LogP contribution in [0.1, 0.15) is 20.7 Å². The van der Waals surface area contributed by atoms with Crippen LogP contribution in [-0.2, 0) is 4.79 Å². The van der Waals surface area contributed by atoms with E-state index in [1.807, 2.05) is 0 Å². The van der Waals surface area contributed by atoms with E-state index in [1.54, 1.807) is 35.2 Å². The molecule has 1 aliphatic rings. The van der Waals surface area contributed by atoms with Crippen molar-refractivity contribution < 1.29 is 18.8 Å². The number of Topliss-reactive ketones (excluding diaryl/α,β-unsaturated/α-hetero) is 1. The molecule has 1 aromatic heterocycles. The second-order valence-corrected chi connectivity index (χ2v) is 6.90. The summed E-state index contributed by atoms with van der Waals surface area (Å²) in [5.74, 6) is -2.17. The number of aromatic amines is 1. The number of rotatable bonds is 3. The summed E-state index contributed by atoms with van der Waals surface area (Å²) in [5, 5.41) is 0.114. The van der Waals surface area contributed by atoms with Gasteiger partial charge in [-0.2, -0.15) is 0 Å². The maximum atomic E-state index is 14.1. The Morgan fingerprint density at radius 1 is 0.931 bits per heavy atom. The van der Waals surface area contributed by atoms with Gasteiger partial charge in [0.15, 0.2) is 0 Å². The second-order valence-electron chi connectivity index (χ2n) is 6.90. The lowest BCUT2D eigenvalue weighted by molar-refractivity contribution is -0.127. The van der Waals surface area contributed by atoms with Gasteiger partial charge in [0.25, 0.3) is 17.6 Å². The molecule has 0 bridgehead atoms. The Morgan fingerprint density at radius 3 is 2.28 bits per heavy atom. The van der Waals surface area contributed by atoms with Gasteiger partial charge in [-0.05, 0) is 36.4 Å². The summed E-state index contributed by atoms with van der Waals surface area (Å²) in [5.41, 5.74) is 7.21. The van der Waals surface area contributed by atoms with Crippen molar-refractivity contribution in [1.82, 2.24) is 14.8 Å². The summed E-state index contributed by atoms with van der Waals surface area (Å²) in [7, 11) is 0. The predicted octanol–water partition coefficient (Wildman–Crippen LogP) is 2.06. The minimum absolute atomic E-state index is 0.0171. The molecule has 8 heteroatoms. The van der Waals surface area contributed by atoms with E-state index < -0.39 is 17.5 Å². The zero-order chi connectivity index (χ0) is 20.5. The number of halogens is 1. The van der Waals surface area contributed by atoms with Gasteiger partial charge in [0.1, 0.15) is 5.82 Å². The number of amides is 2. The normalized spacial score (nSPS) is 14.2. The standard InChI is InChI=1S/C21H19FN4O3/c22-16-2-1-3-17-18(16)15(12-24-17)19(27)21(29)26-10-8-25(9-11-26)20(28)13-4-6-14(23)7-5-13/h1-7,12,24H,8-11,23H2. The van der Waals surface area contributed by atoms with Gasteiger partial charge in [-0.15, -0.1) is 0 Å². The number of aromatic nitrogens is 1. The molecule has 0 saturated carbocycles. The number of hydrogen-bond acceptors (Lipinski definition) is 4. The molecule has 0 unspecified atom stereocenters. The summed E-state index contributed by atoms with van der Waals surface area (Å²) in [4.78, 5) is 43.7. The van der Waals surface area contributed by atoms with Crippen LogP contribution >= 0.6 is 0 Å². The van der Waals surface area contributed by atoms with Gasteiger partial charge in [0.05, 0.1) is 5.56 Å². The van der Waals surface area contributed by atoms with Crippen LogP contribution in [0.15, 0.2) is 48.7 Å². The van der Waals surface area contributed by atoms with Crippen LogP contribution in [0, 0.1) is 5.82 Å². The Labute approximate surface area is 165 Å². The lowest BCUT2D eigenvalue weighted by atomic mass is 10.1. The highest BCUT2D eigenvalue weighted by Gasteiger charge is 2.30. The summed E-state index contributed by atoms with van der Waals surface area (Å²) in [6.45, 7) is 1.08. The Kier molecular flexibility index (Phi) is 4.75. The third-order valence-electron chi connectivity index (χ3n) is 5.11. The molecule has 0 radical (unpaired) electrons. The third kappa shape index (κ3) is 3.44. The van der Waals surface area contributed by atoms with E-state index >= 15 is 0 Å². The first-order valence-corrected chi connectivity index (χ1v) is 9.19. The van der Waals surface area contributed by atoms with Gasteiger partial charge in [-0.3, -0.25) is 14.4 Å². The number of nitrogens with zero attached hydrogens (tertiary/aromatic N) is 2. The van der Waals surface area contributed by atoms with Crippen molar-refractivity contribution in [2.24, 2.45) is 0 Å². The van der Waals surface area contributed by atoms with Gasteiger partial charge < -0.3 is 20.5 Å². The van der Waals surface area contributed by atoms with Gasteiger partial charge in [-0.1, -0.05) is 6.07 Å². The number of fused-ring (bicyclic) bond motifs is 1. The van der Waals surface area contributed by atoms with E-state index in [0.29, 0.717) is 29.9 Å². The van der Waals surface area contributed by atoms with Gasteiger partial charge >= 0.3 is 0 Å². The third-order valence-corrected chi connectivity index (χ3v) is 5.11. The Bertz CT molecular complexity index is 1100. The van der Waals surface area contributed by atoms with Gasteiger partial charge in [-0.25, -0.2) is 4.39 Å². The molecule has 2 aromatic carbocycles. The Hall–Kier alpha value is -3.68. The molecule has 1 aliphatic heterocycles. The molecule has 2 amide bonds. The largest absolute Gasteiger partial charge is 0.399 e. The zero-order valence-corrected chi connectivity index (χ0v) is 15.5. The first kappa shape index (κ1) is 18.7. The number of benzene rings is 2. The van der Waals surface area contributed by atoms with Crippen LogP contribution in [-0.4, -0.2) is 58.6 Å². The number of nitrogens with one attached hydrogen (secondary N) is 1. The van der Waals surface area contributed by atoms with E-state index in [1.165, 1.54) is 23.2 Å². The van der Waals surface area contributed by atoms with Crippen LogP contribution in [0.3, 0.4) is 0 Å². The zero-order valence-electron chi connectivity index (χ0n) is 15.5. The van der Waals surface area contributed by atoms with Crippen molar-refractivity contribution in [2.45, 2.75) is 0 Å². The van der Waals surface area contributed by atoms with Crippen molar-refractivity contribution in [2.75, 3.05) is 31.9 Å². The highest BCUT2D eigenvalue weighted by Crippen LogP contribution is 2.22. The number of ketones is 1. The van der Waals surface area contributed by atoms with Gasteiger partial charge in [0, 0.05) is 54.5 Å². The molecule has 4 rings (SSSR count). The number of hydrogen-bond donors (Lipinski definition) is 2. The van der Waals surface area contributed by atoms with Crippen LogP contribution in [0.25, 0.3) is 10.9 Å². The number of piperazine rings is 1. The number of carbonyl (C=O) groups excluding carboxylic acids is 3. The second kappa shape index (κ2) is 7.38. The average molecular weight is 394 g/mol. The van der Waals surface area contributed by atoms with E-state index in [0.717, 1.165) is 0 Å². The molecule has 3 N–H and O–H groups in total. The monoisotopic (exact) mass is 394 g/mol. The molecule has 1 saturated heterocycles. The quantitative estimate of drug-likeness (QED) is 0.403. The van der Waals surface area contributed by atoms with Gasteiger partial charge in [0.2, 0.25) is 0 Å².